The summed E-state index contributed by atoms with van der Waals surface area (Å²) in [6, 6.07) is 2.15. The lowest BCUT2D eigenvalue weighted by molar-refractivity contribution is -0.138. The molecule has 1 amide bonds. The molecular weight excluding hydrogens is 268 g/mol. The van der Waals surface area contributed by atoms with E-state index in [1.807, 2.05) is 4.90 Å². The molecule has 2 fully saturated rings. The molecule has 1 aromatic heterocycles. The van der Waals surface area contributed by atoms with Crippen molar-refractivity contribution in [3.63, 3.8) is 0 Å². The van der Waals surface area contributed by atoms with Gasteiger partial charge in [-0.1, -0.05) is 0 Å². The number of carbonyl (C=O) groups excluding carboxylic acids is 1. The zero-order chi connectivity index (χ0) is 14.2. The number of nitrogens with zero attached hydrogens (tertiary/aromatic N) is 2. The van der Waals surface area contributed by atoms with Gasteiger partial charge in [-0.05, 0) is 37.8 Å². The van der Waals surface area contributed by atoms with Gasteiger partial charge in [0.2, 0.25) is 0 Å². The summed E-state index contributed by atoms with van der Waals surface area (Å²) in [5, 5.41) is 2.10. The van der Waals surface area contributed by atoms with Crippen molar-refractivity contribution in [1.29, 1.82) is 0 Å². The highest BCUT2D eigenvalue weighted by atomic mass is 16.7. The van der Waals surface area contributed by atoms with Crippen molar-refractivity contribution < 1.29 is 14.0 Å². The summed E-state index contributed by atoms with van der Waals surface area (Å²) in [5.41, 5.74) is 0.642. The minimum absolute atomic E-state index is 0.0707. The molecule has 1 aromatic rings. The van der Waals surface area contributed by atoms with Crippen LogP contribution in [0.25, 0.3) is 0 Å². The van der Waals surface area contributed by atoms with Crippen LogP contribution in [0.15, 0.2) is 34.8 Å². The molecule has 0 aromatic carbocycles. The van der Waals surface area contributed by atoms with Gasteiger partial charge in [-0.2, -0.15) is 0 Å². The Balaban J connectivity index is 1.30. The molecule has 0 N–H and O–H groups in total. The number of hydroxylamine groups is 2. The zero-order valence-corrected chi connectivity index (χ0v) is 12.0. The highest BCUT2D eigenvalue weighted by Crippen LogP contribution is 2.40. The first kappa shape index (κ1) is 13.0. The Labute approximate surface area is 124 Å². The molecule has 5 nitrogen and oxygen atoms in total. The van der Waals surface area contributed by atoms with Gasteiger partial charge < -0.3 is 14.2 Å². The average Bonchev–Trinajstić information content (AvgIpc) is 3.05. The van der Waals surface area contributed by atoms with E-state index in [2.05, 4.69) is 11.1 Å². The van der Waals surface area contributed by atoms with Crippen LogP contribution in [-0.4, -0.2) is 41.5 Å². The summed E-state index contributed by atoms with van der Waals surface area (Å²) in [5.74, 6) is 1.92. The van der Waals surface area contributed by atoms with E-state index >= 15 is 0 Å². The maximum Gasteiger partial charge on any atom is 0.257 e. The number of likely N-dealkylation sites (tertiary alicyclic amines) is 1. The highest BCUT2D eigenvalue weighted by molar-refractivity contribution is 5.93. The quantitative estimate of drug-likeness (QED) is 0.857. The van der Waals surface area contributed by atoms with Crippen LogP contribution in [-0.2, 0) is 4.84 Å². The third-order valence-corrected chi connectivity index (χ3v) is 4.60. The maximum atomic E-state index is 12.2. The molecule has 112 valence electrons. The Morgan fingerprint density at radius 1 is 1.19 bits per heavy atom. The molecule has 1 saturated carbocycles. The van der Waals surface area contributed by atoms with Crippen molar-refractivity contribution >= 4 is 5.91 Å². The van der Waals surface area contributed by atoms with E-state index in [0.29, 0.717) is 17.5 Å². The van der Waals surface area contributed by atoms with Crippen molar-refractivity contribution in [2.45, 2.75) is 31.7 Å². The molecule has 1 saturated heterocycles. The molecule has 3 heterocycles. The third kappa shape index (κ3) is 2.58. The molecule has 1 aliphatic carbocycles. The predicted molar refractivity (Wildman–Crippen MR) is 76.2 cm³/mol. The molecule has 21 heavy (non-hydrogen) atoms. The molecule has 0 unspecified atom stereocenters. The zero-order valence-electron chi connectivity index (χ0n) is 12.0. The summed E-state index contributed by atoms with van der Waals surface area (Å²) >= 11 is 0. The Kier molecular flexibility index (Phi) is 3.22. The lowest BCUT2D eigenvalue weighted by Gasteiger charge is -2.35. The van der Waals surface area contributed by atoms with Gasteiger partial charge in [0.05, 0.1) is 18.4 Å². The molecule has 3 aliphatic rings. The third-order valence-electron chi connectivity index (χ3n) is 4.60. The lowest BCUT2D eigenvalue weighted by atomic mass is 10.0. The number of rotatable bonds is 3. The van der Waals surface area contributed by atoms with E-state index in [4.69, 9.17) is 9.25 Å². The van der Waals surface area contributed by atoms with Crippen LogP contribution in [0.5, 0.6) is 0 Å². The van der Waals surface area contributed by atoms with Crippen molar-refractivity contribution in [2.75, 3.05) is 19.6 Å². The topological polar surface area (TPSA) is 45.9 Å². The monoisotopic (exact) mass is 288 g/mol. The number of carbonyl (C=O) groups is 1. The molecule has 0 radical (unpaired) electrons. The van der Waals surface area contributed by atoms with E-state index in [-0.39, 0.29) is 5.91 Å². The van der Waals surface area contributed by atoms with Crippen molar-refractivity contribution in [2.24, 2.45) is 5.92 Å². The standard InChI is InChI=1S/C16H20N2O3/c19-16(13-6-10-20-11-13)17-7-3-14(4-8-17)18-9-5-15(21-18)12-1-2-12/h5-6,10-12,14H,1-4,7-9H2. The smallest absolute Gasteiger partial charge is 0.257 e. The minimum atomic E-state index is 0.0707. The number of hydrogen-bond acceptors (Lipinski definition) is 4. The van der Waals surface area contributed by atoms with Gasteiger partial charge in [0.15, 0.2) is 0 Å². The number of hydrogen-bond donors (Lipinski definition) is 0. The molecular formula is C16H20N2O3. The first-order chi connectivity index (χ1) is 10.3. The Morgan fingerprint density at radius 3 is 2.67 bits per heavy atom. The van der Waals surface area contributed by atoms with E-state index in [1.54, 1.807) is 12.3 Å². The lowest BCUT2D eigenvalue weighted by Crippen LogP contribution is -2.45. The number of furan rings is 1. The second kappa shape index (κ2) is 5.22. The van der Waals surface area contributed by atoms with Crippen LogP contribution in [0.3, 0.4) is 0 Å². The normalized spacial score (nSPS) is 24.0. The first-order valence-electron chi connectivity index (χ1n) is 7.77. The summed E-state index contributed by atoms with van der Waals surface area (Å²) < 4.78 is 4.99. The summed E-state index contributed by atoms with van der Waals surface area (Å²) in [4.78, 5) is 20.1. The molecule has 0 spiro atoms. The van der Waals surface area contributed by atoms with Gasteiger partial charge >= 0.3 is 0 Å². The van der Waals surface area contributed by atoms with Crippen molar-refractivity contribution in [3.05, 3.63) is 36.0 Å². The van der Waals surface area contributed by atoms with Crippen LogP contribution in [0.1, 0.15) is 36.0 Å². The first-order valence-corrected chi connectivity index (χ1v) is 7.77. The molecule has 4 rings (SSSR count). The van der Waals surface area contributed by atoms with Crippen LogP contribution < -0.4 is 0 Å². The number of allylic oxidation sites excluding steroid dienone is 1. The molecule has 0 atom stereocenters. The molecule has 0 bridgehead atoms. The fourth-order valence-corrected chi connectivity index (χ4v) is 3.15. The summed E-state index contributed by atoms with van der Waals surface area (Å²) in [6.07, 6.45) is 9.77. The van der Waals surface area contributed by atoms with E-state index < -0.39 is 0 Å². The van der Waals surface area contributed by atoms with E-state index in [9.17, 15) is 4.79 Å². The Hall–Kier alpha value is -1.75. The minimum Gasteiger partial charge on any atom is -0.472 e. The van der Waals surface area contributed by atoms with Crippen LogP contribution in [0.2, 0.25) is 0 Å². The van der Waals surface area contributed by atoms with Gasteiger partial charge in [-0.25, -0.2) is 0 Å². The molecule has 2 aliphatic heterocycles. The second-order valence-electron chi connectivity index (χ2n) is 6.11. The van der Waals surface area contributed by atoms with Gasteiger partial charge in [-0.3, -0.25) is 4.79 Å². The number of piperidine rings is 1. The summed E-state index contributed by atoms with van der Waals surface area (Å²) in [7, 11) is 0. The van der Waals surface area contributed by atoms with E-state index in [0.717, 1.165) is 32.5 Å². The Morgan fingerprint density at radius 2 is 2.00 bits per heavy atom. The van der Waals surface area contributed by atoms with Crippen molar-refractivity contribution in [3.8, 4) is 0 Å². The van der Waals surface area contributed by atoms with Crippen LogP contribution >= 0.6 is 0 Å². The highest BCUT2D eigenvalue weighted by Gasteiger charge is 2.35. The predicted octanol–water partition coefficient (Wildman–Crippen LogP) is 2.43. The second-order valence-corrected chi connectivity index (χ2v) is 6.11. The van der Waals surface area contributed by atoms with Crippen molar-refractivity contribution in [1.82, 2.24) is 9.96 Å². The van der Waals surface area contributed by atoms with Gasteiger partial charge in [-0.15, -0.1) is 5.06 Å². The maximum absolute atomic E-state index is 12.2. The average molecular weight is 288 g/mol. The van der Waals surface area contributed by atoms with Gasteiger partial charge in [0, 0.05) is 25.0 Å². The van der Waals surface area contributed by atoms with Gasteiger partial charge in [0.1, 0.15) is 12.0 Å². The Bertz CT molecular complexity index is 540. The van der Waals surface area contributed by atoms with Crippen LogP contribution in [0, 0.1) is 5.92 Å². The molecule has 5 heteroatoms. The van der Waals surface area contributed by atoms with Crippen LogP contribution in [0.4, 0.5) is 0 Å². The van der Waals surface area contributed by atoms with E-state index in [1.165, 1.54) is 24.9 Å². The fraction of sp³-hybridized carbons (Fsp3) is 0.562. The number of amides is 1. The fourth-order valence-electron chi connectivity index (χ4n) is 3.15. The van der Waals surface area contributed by atoms with Gasteiger partial charge in [0.25, 0.3) is 5.91 Å². The largest absolute Gasteiger partial charge is 0.472 e. The summed E-state index contributed by atoms with van der Waals surface area (Å²) in [6.45, 7) is 2.47. The SMILES string of the molecule is O=C(c1ccoc1)N1CCC(N2CC=C(C3CC3)O2)CC1.